The summed E-state index contributed by atoms with van der Waals surface area (Å²) in [5.41, 5.74) is 0. The summed E-state index contributed by atoms with van der Waals surface area (Å²) in [5.74, 6) is 1.97. The Morgan fingerprint density at radius 2 is 1.79 bits per heavy atom. The van der Waals surface area contributed by atoms with Crippen molar-refractivity contribution in [3.63, 3.8) is 0 Å². The van der Waals surface area contributed by atoms with Crippen LogP contribution in [0.1, 0.15) is 38.5 Å². The fourth-order valence-corrected chi connectivity index (χ4v) is 3.08. The molecule has 0 amide bonds. The van der Waals surface area contributed by atoms with Gasteiger partial charge in [0, 0.05) is 12.5 Å². The molecule has 0 spiro atoms. The molecule has 0 unspecified atom stereocenters. The number of hydrogen-bond acceptors (Lipinski definition) is 2. The Morgan fingerprint density at radius 1 is 1.00 bits per heavy atom. The lowest BCUT2D eigenvalue weighted by atomic mass is 9.75. The molecule has 2 heteroatoms. The second-order valence-electron chi connectivity index (χ2n) is 4.95. The zero-order chi connectivity index (χ0) is 9.80. The standard InChI is InChI=1S/C12H21NO/c14-9-10-6-12(8-13-7-10)11-4-2-1-3-5-11/h9-13H,1-8H2/t10-,12+/m1/s1. The Kier molecular flexibility index (Phi) is 3.57. The minimum Gasteiger partial charge on any atom is -0.316 e. The molecule has 0 aromatic carbocycles. The van der Waals surface area contributed by atoms with Crippen LogP contribution in [0, 0.1) is 17.8 Å². The molecule has 80 valence electrons. The lowest BCUT2D eigenvalue weighted by Gasteiger charge is -2.35. The lowest BCUT2D eigenvalue weighted by Crippen LogP contribution is -2.40. The average molecular weight is 195 g/mol. The van der Waals surface area contributed by atoms with Crippen molar-refractivity contribution in [1.29, 1.82) is 0 Å². The van der Waals surface area contributed by atoms with Gasteiger partial charge < -0.3 is 10.1 Å². The lowest BCUT2D eigenvalue weighted by molar-refractivity contribution is -0.112. The third-order valence-electron chi connectivity index (χ3n) is 3.93. The molecule has 2 aliphatic rings. The van der Waals surface area contributed by atoms with E-state index in [0.717, 1.165) is 37.6 Å². The molecule has 2 nitrogen and oxygen atoms in total. The summed E-state index contributed by atoms with van der Waals surface area (Å²) >= 11 is 0. The molecule has 2 atom stereocenters. The van der Waals surface area contributed by atoms with E-state index in [2.05, 4.69) is 5.32 Å². The molecule has 1 saturated heterocycles. The highest BCUT2D eigenvalue weighted by atomic mass is 16.1. The molecule has 14 heavy (non-hydrogen) atoms. The summed E-state index contributed by atoms with van der Waals surface area (Å²) in [7, 11) is 0. The van der Waals surface area contributed by atoms with Gasteiger partial charge in [0.2, 0.25) is 0 Å². The number of hydrogen-bond donors (Lipinski definition) is 1. The van der Waals surface area contributed by atoms with Crippen molar-refractivity contribution in [2.24, 2.45) is 17.8 Å². The molecule has 1 aliphatic carbocycles. The molecule has 2 fully saturated rings. The van der Waals surface area contributed by atoms with Crippen LogP contribution in [0.15, 0.2) is 0 Å². The van der Waals surface area contributed by atoms with Gasteiger partial charge in [-0.1, -0.05) is 32.1 Å². The molecule has 0 bridgehead atoms. The maximum atomic E-state index is 10.7. The van der Waals surface area contributed by atoms with E-state index in [-0.39, 0.29) is 5.92 Å². The average Bonchev–Trinajstić information content (AvgIpc) is 2.30. The van der Waals surface area contributed by atoms with Gasteiger partial charge in [0.1, 0.15) is 6.29 Å². The number of carbonyl (C=O) groups is 1. The molecule has 0 aromatic rings. The third-order valence-corrected chi connectivity index (χ3v) is 3.93. The molecule has 1 heterocycles. The normalized spacial score (nSPS) is 35.4. The molecular weight excluding hydrogens is 174 g/mol. The zero-order valence-corrected chi connectivity index (χ0v) is 8.87. The molecule has 0 aromatic heterocycles. The van der Waals surface area contributed by atoms with Crippen LogP contribution in [-0.4, -0.2) is 19.4 Å². The van der Waals surface area contributed by atoms with Gasteiger partial charge in [0.25, 0.3) is 0 Å². The van der Waals surface area contributed by atoms with Crippen LogP contribution in [0.5, 0.6) is 0 Å². The van der Waals surface area contributed by atoms with Crippen molar-refractivity contribution < 1.29 is 4.79 Å². The van der Waals surface area contributed by atoms with Crippen molar-refractivity contribution in [3.05, 3.63) is 0 Å². The summed E-state index contributed by atoms with van der Waals surface area (Å²) in [6, 6.07) is 0. The first-order valence-corrected chi connectivity index (χ1v) is 6.06. The smallest absolute Gasteiger partial charge is 0.124 e. The van der Waals surface area contributed by atoms with Crippen LogP contribution in [0.4, 0.5) is 0 Å². The van der Waals surface area contributed by atoms with E-state index in [9.17, 15) is 4.79 Å². The van der Waals surface area contributed by atoms with Gasteiger partial charge in [0.15, 0.2) is 0 Å². The fourth-order valence-electron chi connectivity index (χ4n) is 3.08. The minimum atomic E-state index is 0.288. The van der Waals surface area contributed by atoms with Crippen LogP contribution in [0.3, 0.4) is 0 Å². The van der Waals surface area contributed by atoms with Gasteiger partial charge in [-0.15, -0.1) is 0 Å². The fraction of sp³-hybridized carbons (Fsp3) is 0.917. The van der Waals surface area contributed by atoms with Gasteiger partial charge in [-0.2, -0.15) is 0 Å². The number of piperidine rings is 1. The Morgan fingerprint density at radius 3 is 2.50 bits per heavy atom. The zero-order valence-electron chi connectivity index (χ0n) is 8.87. The van der Waals surface area contributed by atoms with Crippen LogP contribution in [0.2, 0.25) is 0 Å². The van der Waals surface area contributed by atoms with E-state index >= 15 is 0 Å². The Hall–Kier alpha value is -0.370. The van der Waals surface area contributed by atoms with Crippen molar-refractivity contribution in [2.75, 3.05) is 13.1 Å². The highest BCUT2D eigenvalue weighted by molar-refractivity contribution is 5.54. The van der Waals surface area contributed by atoms with E-state index in [4.69, 9.17) is 0 Å². The van der Waals surface area contributed by atoms with Gasteiger partial charge >= 0.3 is 0 Å². The number of rotatable bonds is 2. The second-order valence-corrected chi connectivity index (χ2v) is 4.95. The van der Waals surface area contributed by atoms with Gasteiger partial charge in [0.05, 0.1) is 0 Å². The summed E-state index contributed by atoms with van der Waals surface area (Å²) in [6.45, 7) is 2.06. The second kappa shape index (κ2) is 4.92. The van der Waals surface area contributed by atoms with Crippen molar-refractivity contribution in [2.45, 2.75) is 38.5 Å². The van der Waals surface area contributed by atoms with E-state index in [1.807, 2.05) is 0 Å². The molecular formula is C12H21NO. The number of aldehydes is 1. The summed E-state index contributed by atoms with van der Waals surface area (Å²) in [6.07, 6.45) is 9.33. The van der Waals surface area contributed by atoms with Crippen LogP contribution in [0.25, 0.3) is 0 Å². The van der Waals surface area contributed by atoms with Gasteiger partial charge in [-0.05, 0) is 24.8 Å². The predicted octanol–water partition coefficient (Wildman–Crippen LogP) is 1.99. The highest BCUT2D eigenvalue weighted by Crippen LogP contribution is 2.33. The summed E-state index contributed by atoms with van der Waals surface area (Å²) in [4.78, 5) is 10.7. The minimum absolute atomic E-state index is 0.288. The first kappa shape index (κ1) is 10.2. The van der Waals surface area contributed by atoms with Gasteiger partial charge in [-0.3, -0.25) is 0 Å². The first-order chi connectivity index (χ1) is 6.90. The van der Waals surface area contributed by atoms with Crippen molar-refractivity contribution >= 4 is 6.29 Å². The van der Waals surface area contributed by atoms with Gasteiger partial charge in [-0.25, -0.2) is 0 Å². The Balaban J connectivity index is 1.86. The largest absolute Gasteiger partial charge is 0.316 e. The number of carbonyl (C=O) groups excluding carboxylic acids is 1. The first-order valence-electron chi connectivity index (χ1n) is 6.06. The van der Waals surface area contributed by atoms with E-state index < -0.39 is 0 Å². The maximum Gasteiger partial charge on any atom is 0.124 e. The Bertz CT molecular complexity index is 187. The molecule has 1 aliphatic heterocycles. The van der Waals surface area contributed by atoms with Crippen molar-refractivity contribution in [3.8, 4) is 0 Å². The monoisotopic (exact) mass is 195 g/mol. The Labute approximate surface area is 86.5 Å². The molecule has 0 radical (unpaired) electrons. The van der Waals surface area contributed by atoms with E-state index in [0.29, 0.717) is 0 Å². The summed E-state index contributed by atoms with van der Waals surface area (Å²) < 4.78 is 0. The van der Waals surface area contributed by atoms with Crippen LogP contribution in [-0.2, 0) is 4.79 Å². The van der Waals surface area contributed by atoms with E-state index in [1.54, 1.807) is 0 Å². The van der Waals surface area contributed by atoms with Crippen molar-refractivity contribution in [1.82, 2.24) is 5.32 Å². The van der Waals surface area contributed by atoms with Crippen LogP contribution < -0.4 is 5.32 Å². The quantitative estimate of drug-likeness (QED) is 0.683. The predicted molar refractivity (Wildman–Crippen MR) is 57.1 cm³/mol. The molecule has 2 rings (SSSR count). The maximum absolute atomic E-state index is 10.7. The topological polar surface area (TPSA) is 29.1 Å². The highest BCUT2D eigenvalue weighted by Gasteiger charge is 2.28. The van der Waals surface area contributed by atoms with E-state index in [1.165, 1.54) is 32.1 Å². The van der Waals surface area contributed by atoms with Crippen LogP contribution >= 0.6 is 0 Å². The summed E-state index contributed by atoms with van der Waals surface area (Å²) in [5, 5.41) is 3.40. The number of nitrogens with one attached hydrogen (secondary N) is 1. The SMILES string of the molecule is O=C[C@H]1CNC[C@@H](C2CCCCC2)C1. The molecule has 1 saturated carbocycles. The molecule has 1 N–H and O–H groups in total. The third kappa shape index (κ3) is 2.35.